The first kappa shape index (κ1) is 18.5. The van der Waals surface area contributed by atoms with Gasteiger partial charge in [-0.15, -0.1) is 0 Å². The monoisotopic (exact) mass is 357 g/mol. The van der Waals surface area contributed by atoms with Gasteiger partial charge in [0.2, 0.25) is 0 Å². The van der Waals surface area contributed by atoms with Crippen LogP contribution < -0.4 is 0 Å². The van der Waals surface area contributed by atoms with Crippen molar-refractivity contribution < 1.29 is 41.4 Å². The van der Waals surface area contributed by atoms with Gasteiger partial charge in [0.15, 0.2) is 0 Å². The van der Waals surface area contributed by atoms with Gasteiger partial charge in [-0.3, -0.25) is 4.79 Å². The highest BCUT2D eigenvalue weighted by molar-refractivity contribution is 5.96. The maximum Gasteiger partial charge on any atom is 0.417 e. The third kappa shape index (κ3) is 3.81. The zero-order valence-electron chi connectivity index (χ0n) is 12.0. The van der Waals surface area contributed by atoms with Crippen LogP contribution in [0.15, 0.2) is 18.2 Å². The molecular formula is C14H13F6NO3. The highest BCUT2D eigenvalue weighted by Gasteiger charge is 2.40. The second-order valence-electron chi connectivity index (χ2n) is 5.43. The van der Waals surface area contributed by atoms with Crippen LogP contribution >= 0.6 is 0 Å². The Kier molecular flexibility index (Phi) is 4.82. The zero-order chi connectivity index (χ0) is 18.3. The van der Waals surface area contributed by atoms with Crippen LogP contribution in [0.3, 0.4) is 0 Å². The maximum absolute atomic E-state index is 13.1. The van der Waals surface area contributed by atoms with Crippen LogP contribution in [0.2, 0.25) is 0 Å². The molecular weight excluding hydrogens is 344 g/mol. The number of β-amino-alcohol motifs (C(OH)–C–C–N with tert-alkyl or cyclic N) is 1. The molecule has 134 valence electrons. The van der Waals surface area contributed by atoms with Gasteiger partial charge >= 0.3 is 12.4 Å². The fraction of sp³-hybridized carbons (Fsp3) is 0.500. The first-order valence-electron chi connectivity index (χ1n) is 6.85. The van der Waals surface area contributed by atoms with Crippen molar-refractivity contribution in [1.29, 1.82) is 0 Å². The van der Waals surface area contributed by atoms with Gasteiger partial charge in [0.25, 0.3) is 5.91 Å². The van der Waals surface area contributed by atoms with Crippen molar-refractivity contribution in [3.63, 3.8) is 0 Å². The van der Waals surface area contributed by atoms with E-state index in [4.69, 9.17) is 0 Å². The molecule has 2 rings (SSSR count). The van der Waals surface area contributed by atoms with Crippen molar-refractivity contribution in [2.75, 3.05) is 13.1 Å². The van der Waals surface area contributed by atoms with Crippen molar-refractivity contribution >= 4 is 5.91 Å². The van der Waals surface area contributed by atoms with E-state index in [0.29, 0.717) is 12.1 Å². The molecule has 1 heterocycles. The van der Waals surface area contributed by atoms with Crippen molar-refractivity contribution in [3.05, 3.63) is 34.9 Å². The summed E-state index contributed by atoms with van der Waals surface area (Å²) in [4.78, 5) is 13.1. The first-order valence-corrected chi connectivity index (χ1v) is 6.85. The standard InChI is InChI=1S/C14H13F6NO3/c15-13(16,17)7-1-2-8(9(5-7)14(18,19)20)12(24)21-4-3-10(22)11(23)6-21/h1-2,5,10-11,22-23H,3-4,6H2/t10-,11-/m0/s1. The lowest BCUT2D eigenvalue weighted by Crippen LogP contribution is -2.49. The Morgan fingerprint density at radius 2 is 1.67 bits per heavy atom. The average Bonchev–Trinajstić information content (AvgIpc) is 2.47. The maximum atomic E-state index is 13.1. The number of hydrogen-bond acceptors (Lipinski definition) is 3. The summed E-state index contributed by atoms with van der Waals surface area (Å²) in [6.45, 7) is -0.520. The van der Waals surface area contributed by atoms with Gasteiger partial charge in [-0.1, -0.05) is 0 Å². The molecule has 0 aliphatic carbocycles. The number of nitrogens with zero attached hydrogens (tertiary/aromatic N) is 1. The minimum absolute atomic E-state index is 0.0467. The predicted octanol–water partition coefficient (Wildman–Crippen LogP) is 2.29. The molecule has 0 radical (unpaired) electrons. The van der Waals surface area contributed by atoms with Crippen LogP contribution in [0.5, 0.6) is 0 Å². The molecule has 0 unspecified atom stereocenters. The third-order valence-electron chi connectivity index (χ3n) is 3.72. The zero-order valence-corrected chi connectivity index (χ0v) is 12.0. The van der Waals surface area contributed by atoms with Gasteiger partial charge in [0, 0.05) is 13.1 Å². The molecule has 1 saturated heterocycles. The SMILES string of the molecule is O=C(c1ccc(C(F)(F)F)cc1C(F)(F)F)N1CC[C@H](O)[C@@H](O)C1. The highest BCUT2D eigenvalue weighted by Crippen LogP contribution is 2.37. The molecule has 0 aromatic heterocycles. The molecule has 1 amide bonds. The van der Waals surface area contributed by atoms with Crippen LogP contribution in [-0.4, -0.2) is 46.3 Å². The molecule has 2 atom stereocenters. The Morgan fingerprint density at radius 1 is 1.04 bits per heavy atom. The lowest BCUT2D eigenvalue weighted by molar-refractivity contribution is -0.143. The Bertz CT molecular complexity index is 628. The van der Waals surface area contributed by atoms with Gasteiger partial charge < -0.3 is 15.1 Å². The van der Waals surface area contributed by atoms with E-state index in [1.807, 2.05) is 0 Å². The van der Waals surface area contributed by atoms with E-state index in [1.54, 1.807) is 0 Å². The number of carbonyl (C=O) groups excluding carboxylic acids is 1. The molecule has 1 fully saturated rings. The molecule has 0 saturated carbocycles. The summed E-state index contributed by atoms with van der Waals surface area (Å²) in [5.74, 6) is -1.15. The molecule has 1 aromatic rings. The largest absolute Gasteiger partial charge is 0.417 e. The average molecular weight is 357 g/mol. The van der Waals surface area contributed by atoms with Crippen molar-refractivity contribution in [2.24, 2.45) is 0 Å². The number of hydrogen-bond donors (Lipinski definition) is 2. The summed E-state index contributed by atoms with van der Waals surface area (Å²) in [6.07, 6.45) is -12.6. The number of likely N-dealkylation sites (tertiary alicyclic amines) is 1. The summed E-state index contributed by atoms with van der Waals surface area (Å²) in [5.41, 5.74) is -4.14. The smallest absolute Gasteiger partial charge is 0.390 e. The first-order chi connectivity index (χ1) is 10.9. The van der Waals surface area contributed by atoms with E-state index in [9.17, 15) is 41.4 Å². The van der Waals surface area contributed by atoms with E-state index in [2.05, 4.69) is 0 Å². The lowest BCUT2D eigenvalue weighted by atomic mass is 9.99. The van der Waals surface area contributed by atoms with E-state index in [0.717, 1.165) is 4.90 Å². The molecule has 0 spiro atoms. The molecule has 1 aromatic carbocycles. The van der Waals surface area contributed by atoms with Crippen LogP contribution in [0, 0.1) is 0 Å². The summed E-state index contributed by atoms with van der Waals surface area (Å²) in [6, 6.07) is 0.769. The van der Waals surface area contributed by atoms with Crippen molar-refractivity contribution in [2.45, 2.75) is 31.0 Å². The van der Waals surface area contributed by atoms with Crippen LogP contribution in [-0.2, 0) is 12.4 Å². The van der Waals surface area contributed by atoms with E-state index in [1.165, 1.54) is 0 Å². The molecule has 2 N–H and O–H groups in total. The number of carbonyl (C=O) groups is 1. The van der Waals surface area contributed by atoms with Gasteiger partial charge in [0.05, 0.1) is 28.9 Å². The number of alkyl halides is 6. The molecule has 1 aliphatic rings. The topological polar surface area (TPSA) is 60.8 Å². The van der Waals surface area contributed by atoms with Crippen LogP contribution in [0.4, 0.5) is 26.3 Å². The Morgan fingerprint density at radius 3 is 2.17 bits per heavy atom. The second-order valence-corrected chi connectivity index (χ2v) is 5.43. The normalized spacial score (nSPS) is 22.6. The van der Waals surface area contributed by atoms with Gasteiger partial charge in [0.1, 0.15) is 0 Å². The number of halogens is 6. The van der Waals surface area contributed by atoms with E-state index in [-0.39, 0.29) is 19.0 Å². The van der Waals surface area contributed by atoms with Gasteiger partial charge in [-0.2, -0.15) is 26.3 Å². The van der Waals surface area contributed by atoms with Gasteiger partial charge in [-0.25, -0.2) is 0 Å². The summed E-state index contributed by atoms with van der Waals surface area (Å²) < 4.78 is 77.0. The minimum atomic E-state index is -5.15. The summed E-state index contributed by atoms with van der Waals surface area (Å²) in [5, 5.41) is 18.9. The lowest BCUT2D eigenvalue weighted by Gasteiger charge is -2.34. The number of aliphatic hydroxyl groups is 2. The molecule has 24 heavy (non-hydrogen) atoms. The number of amides is 1. The van der Waals surface area contributed by atoms with Crippen LogP contribution in [0.25, 0.3) is 0 Å². The fourth-order valence-electron chi connectivity index (χ4n) is 2.42. The number of aliphatic hydroxyl groups excluding tert-OH is 2. The molecule has 0 bridgehead atoms. The Balaban J connectivity index is 2.40. The molecule has 4 nitrogen and oxygen atoms in total. The van der Waals surface area contributed by atoms with Crippen molar-refractivity contribution in [3.8, 4) is 0 Å². The second kappa shape index (κ2) is 6.25. The number of benzene rings is 1. The van der Waals surface area contributed by atoms with E-state index < -0.39 is 53.7 Å². The van der Waals surface area contributed by atoms with Gasteiger partial charge in [-0.05, 0) is 24.6 Å². The quantitative estimate of drug-likeness (QED) is 0.759. The molecule has 1 aliphatic heterocycles. The Labute approximate surface area is 132 Å². The summed E-state index contributed by atoms with van der Waals surface area (Å²) in [7, 11) is 0. The number of piperidine rings is 1. The predicted molar refractivity (Wildman–Crippen MR) is 69.0 cm³/mol. The minimum Gasteiger partial charge on any atom is -0.390 e. The number of rotatable bonds is 1. The third-order valence-corrected chi connectivity index (χ3v) is 3.72. The van der Waals surface area contributed by atoms with Crippen LogP contribution in [0.1, 0.15) is 27.9 Å². The Hall–Kier alpha value is -1.81. The molecule has 10 heteroatoms. The van der Waals surface area contributed by atoms with E-state index >= 15 is 0 Å². The highest BCUT2D eigenvalue weighted by atomic mass is 19.4. The van der Waals surface area contributed by atoms with Crippen molar-refractivity contribution in [1.82, 2.24) is 4.90 Å². The summed E-state index contributed by atoms with van der Waals surface area (Å²) >= 11 is 0. The fourth-order valence-corrected chi connectivity index (χ4v) is 2.42.